The Labute approximate surface area is 117 Å². The molecule has 0 aromatic heterocycles. The first kappa shape index (κ1) is 14.8. The van der Waals surface area contributed by atoms with Gasteiger partial charge in [0.25, 0.3) is 0 Å². The molecule has 6 nitrogen and oxygen atoms in total. The van der Waals surface area contributed by atoms with Crippen LogP contribution in [0.2, 0.25) is 0 Å². The van der Waals surface area contributed by atoms with Gasteiger partial charge in [-0.3, -0.25) is 0 Å². The molecule has 0 amide bonds. The quantitative estimate of drug-likeness (QED) is 0.783. The van der Waals surface area contributed by atoms with Gasteiger partial charge in [0.1, 0.15) is 0 Å². The number of aliphatic hydroxyl groups excluding tert-OH is 1. The molecule has 0 bridgehead atoms. The largest absolute Gasteiger partial charge is 0.462 e. The molecule has 0 radical (unpaired) electrons. The summed E-state index contributed by atoms with van der Waals surface area (Å²) in [5.74, 6) is -0.782. The van der Waals surface area contributed by atoms with Crippen molar-refractivity contribution in [1.29, 1.82) is 0 Å². The van der Waals surface area contributed by atoms with Crippen LogP contribution in [0.5, 0.6) is 0 Å². The summed E-state index contributed by atoms with van der Waals surface area (Å²) in [6, 6.07) is 6.02. The predicted molar refractivity (Wildman–Crippen MR) is 74.5 cm³/mol. The number of hydrogen-bond acceptors (Lipinski definition) is 6. The molecular formula is C13H17NO5S. The second-order valence-electron chi connectivity index (χ2n) is 4.70. The molecule has 1 aromatic carbocycles. The Balaban J connectivity index is 2.11. The van der Waals surface area contributed by atoms with Crippen LogP contribution in [0.1, 0.15) is 17.3 Å². The predicted octanol–water partition coefficient (Wildman–Crippen LogP) is 0.433. The Kier molecular flexibility index (Phi) is 4.29. The minimum atomic E-state index is -3.20. The number of ether oxygens (including phenoxy) is 1. The number of hydrogen-bond donors (Lipinski definition) is 2. The summed E-state index contributed by atoms with van der Waals surface area (Å²) in [4.78, 5) is 11.6. The van der Waals surface area contributed by atoms with Gasteiger partial charge in [0.2, 0.25) is 0 Å². The third-order valence-electron chi connectivity index (χ3n) is 3.05. The van der Waals surface area contributed by atoms with E-state index in [1.165, 1.54) is 0 Å². The smallest absolute Gasteiger partial charge is 0.338 e. The van der Waals surface area contributed by atoms with Gasteiger partial charge in [-0.2, -0.15) is 0 Å². The van der Waals surface area contributed by atoms with Crippen LogP contribution in [0.25, 0.3) is 0 Å². The van der Waals surface area contributed by atoms with Crippen LogP contribution in [-0.2, 0) is 14.6 Å². The summed E-state index contributed by atoms with van der Waals surface area (Å²) in [5.41, 5.74) is 0.962. The first-order chi connectivity index (χ1) is 9.41. The first-order valence-corrected chi connectivity index (χ1v) is 8.15. The molecule has 7 heteroatoms. The second-order valence-corrected chi connectivity index (χ2v) is 6.85. The number of rotatable bonds is 4. The van der Waals surface area contributed by atoms with Crippen LogP contribution < -0.4 is 5.32 Å². The van der Waals surface area contributed by atoms with Crippen LogP contribution in [0.4, 0.5) is 5.69 Å². The third-order valence-corrected chi connectivity index (χ3v) is 4.76. The summed E-state index contributed by atoms with van der Waals surface area (Å²) in [6.07, 6.45) is -0.939. The summed E-state index contributed by atoms with van der Waals surface area (Å²) < 4.78 is 27.8. The van der Waals surface area contributed by atoms with Crippen molar-refractivity contribution in [2.75, 3.05) is 23.4 Å². The fourth-order valence-electron chi connectivity index (χ4n) is 2.13. The summed E-state index contributed by atoms with van der Waals surface area (Å²) in [6.45, 7) is 2.01. The highest BCUT2D eigenvalue weighted by Crippen LogP contribution is 2.19. The molecule has 1 aromatic rings. The van der Waals surface area contributed by atoms with E-state index in [-0.39, 0.29) is 18.1 Å². The molecule has 2 rings (SSSR count). The molecule has 2 N–H and O–H groups in total. The lowest BCUT2D eigenvalue weighted by Gasteiger charge is -2.16. The molecule has 1 saturated heterocycles. The molecule has 1 fully saturated rings. The zero-order chi connectivity index (χ0) is 14.8. The maximum atomic E-state index is 11.6. The Morgan fingerprint density at radius 1 is 1.45 bits per heavy atom. The van der Waals surface area contributed by atoms with Gasteiger partial charge in [-0.15, -0.1) is 0 Å². The van der Waals surface area contributed by atoms with Gasteiger partial charge < -0.3 is 15.2 Å². The number of aliphatic hydroxyl groups is 1. The highest BCUT2D eigenvalue weighted by molar-refractivity contribution is 7.91. The summed E-state index contributed by atoms with van der Waals surface area (Å²) in [5, 5.41) is 12.7. The molecule has 1 aliphatic rings. The van der Waals surface area contributed by atoms with E-state index < -0.39 is 28.0 Å². The minimum Gasteiger partial charge on any atom is -0.462 e. The van der Waals surface area contributed by atoms with E-state index in [1.54, 1.807) is 31.2 Å². The van der Waals surface area contributed by atoms with E-state index in [0.29, 0.717) is 11.3 Å². The van der Waals surface area contributed by atoms with Gasteiger partial charge in [-0.05, 0) is 25.1 Å². The number of carbonyl (C=O) groups excluding carboxylic acids is 1. The van der Waals surface area contributed by atoms with Gasteiger partial charge in [0.05, 0.1) is 35.8 Å². The molecule has 0 aliphatic carbocycles. The average Bonchev–Trinajstić information content (AvgIpc) is 2.63. The van der Waals surface area contributed by atoms with Crippen molar-refractivity contribution in [3.05, 3.63) is 29.8 Å². The van der Waals surface area contributed by atoms with Crippen LogP contribution in [-0.4, -0.2) is 49.8 Å². The highest BCUT2D eigenvalue weighted by atomic mass is 32.2. The Morgan fingerprint density at radius 3 is 2.80 bits per heavy atom. The molecular weight excluding hydrogens is 282 g/mol. The highest BCUT2D eigenvalue weighted by Gasteiger charge is 2.36. The molecule has 20 heavy (non-hydrogen) atoms. The summed E-state index contributed by atoms with van der Waals surface area (Å²) >= 11 is 0. The molecule has 110 valence electrons. The average molecular weight is 299 g/mol. The van der Waals surface area contributed by atoms with Crippen LogP contribution >= 0.6 is 0 Å². The lowest BCUT2D eigenvalue weighted by atomic mass is 10.1. The number of nitrogens with one attached hydrogen (secondary N) is 1. The number of esters is 1. The normalized spacial score (nSPS) is 24.3. The van der Waals surface area contributed by atoms with Crippen molar-refractivity contribution in [3.63, 3.8) is 0 Å². The Bertz CT molecular complexity index is 599. The molecule has 0 unspecified atom stereocenters. The standard InChI is InChI=1S/C13H17NO5S/c1-2-19-13(16)9-4-3-5-10(6-9)14-11-7-20(17,18)8-12(11)15/h3-6,11-12,14-15H,2,7-8H2,1H3/t11-,12-/m0/s1. The van der Waals surface area contributed by atoms with Crippen molar-refractivity contribution < 1.29 is 23.1 Å². The number of sulfone groups is 1. The van der Waals surface area contributed by atoms with E-state index in [4.69, 9.17) is 4.74 Å². The van der Waals surface area contributed by atoms with Crippen molar-refractivity contribution >= 4 is 21.5 Å². The Morgan fingerprint density at radius 2 is 2.20 bits per heavy atom. The van der Waals surface area contributed by atoms with Gasteiger partial charge in [-0.1, -0.05) is 6.07 Å². The van der Waals surface area contributed by atoms with Gasteiger partial charge >= 0.3 is 5.97 Å². The number of benzene rings is 1. The zero-order valence-corrected chi connectivity index (χ0v) is 11.9. The molecule has 0 spiro atoms. The SMILES string of the molecule is CCOC(=O)c1cccc(N[C@H]2CS(=O)(=O)C[C@@H]2O)c1. The maximum absolute atomic E-state index is 11.6. The van der Waals surface area contributed by atoms with Crippen LogP contribution in [0.15, 0.2) is 24.3 Å². The van der Waals surface area contributed by atoms with Gasteiger partial charge in [0.15, 0.2) is 9.84 Å². The van der Waals surface area contributed by atoms with E-state index in [2.05, 4.69) is 5.32 Å². The fraction of sp³-hybridized carbons (Fsp3) is 0.462. The van der Waals surface area contributed by atoms with Crippen molar-refractivity contribution in [1.82, 2.24) is 0 Å². The third kappa shape index (κ3) is 3.49. The lowest BCUT2D eigenvalue weighted by molar-refractivity contribution is 0.0526. The van der Waals surface area contributed by atoms with E-state index in [0.717, 1.165) is 0 Å². The van der Waals surface area contributed by atoms with Crippen LogP contribution in [0.3, 0.4) is 0 Å². The second kappa shape index (κ2) is 5.80. The van der Waals surface area contributed by atoms with Gasteiger partial charge in [0, 0.05) is 5.69 Å². The van der Waals surface area contributed by atoms with Crippen molar-refractivity contribution in [3.8, 4) is 0 Å². The van der Waals surface area contributed by atoms with E-state index in [1.807, 2.05) is 0 Å². The minimum absolute atomic E-state index is 0.113. The van der Waals surface area contributed by atoms with Crippen molar-refractivity contribution in [2.24, 2.45) is 0 Å². The van der Waals surface area contributed by atoms with Crippen molar-refractivity contribution in [2.45, 2.75) is 19.1 Å². The molecule has 0 saturated carbocycles. The number of anilines is 1. The molecule has 1 aliphatic heterocycles. The topological polar surface area (TPSA) is 92.7 Å². The molecule has 2 atom stereocenters. The van der Waals surface area contributed by atoms with Crippen LogP contribution in [0, 0.1) is 0 Å². The Hall–Kier alpha value is -1.60. The summed E-state index contributed by atoms with van der Waals surface area (Å²) in [7, 11) is -3.20. The molecule has 1 heterocycles. The lowest BCUT2D eigenvalue weighted by Crippen LogP contribution is -2.31. The van der Waals surface area contributed by atoms with E-state index in [9.17, 15) is 18.3 Å². The monoisotopic (exact) mass is 299 g/mol. The fourth-order valence-corrected chi connectivity index (χ4v) is 3.87. The maximum Gasteiger partial charge on any atom is 0.338 e. The zero-order valence-electron chi connectivity index (χ0n) is 11.1. The first-order valence-electron chi connectivity index (χ1n) is 6.33. The van der Waals surface area contributed by atoms with Gasteiger partial charge in [-0.25, -0.2) is 13.2 Å². The number of carbonyl (C=O) groups is 1. The van der Waals surface area contributed by atoms with E-state index >= 15 is 0 Å².